The molecular formula is C21H27FN4O2. The summed E-state index contributed by atoms with van der Waals surface area (Å²) in [7, 11) is 3.56. The summed E-state index contributed by atoms with van der Waals surface area (Å²) in [6.45, 7) is 3.60. The molecule has 0 bridgehead atoms. The molecule has 6 nitrogen and oxygen atoms in total. The third kappa shape index (κ3) is 3.82. The van der Waals surface area contributed by atoms with Gasteiger partial charge in [0, 0.05) is 51.9 Å². The fourth-order valence-corrected chi connectivity index (χ4v) is 4.30. The maximum absolute atomic E-state index is 13.1. The zero-order valence-corrected chi connectivity index (χ0v) is 16.5. The zero-order valence-electron chi connectivity index (χ0n) is 16.5. The molecule has 150 valence electrons. The molecule has 0 N–H and O–H groups in total. The number of carbonyl (C=O) groups excluding carboxylic acids is 1. The molecule has 0 spiro atoms. The Morgan fingerprint density at radius 1 is 1.14 bits per heavy atom. The lowest BCUT2D eigenvalue weighted by atomic mass is 10.0. The number of amides is 1. The monoisotopic (exact) mass is 386 g/mol. The maximum atomic E-state index is 13.1. The summed E-state index contributed by atoms with van der Waals surface area (Å²) in [6.07, 6.45) is 3.42. The molecule has 28 heavy (non-hydrogen) atoms. The van der Waals surface area contributed by atoms with Crippen LogP contribution in [0.3, 0.4) is 0 Å². The normalized spacial score (nSPS) is 21.4. The van der Waals surface area contributed by atoms with Crippen LogP contribution in [0, 0.1) is 5.82 Å². The molecule has 3 heterocycles. The van der Waals surface area contributed by atoms with Crippen LogP contribution < -0.4 is 0 Å². The molecule has 1 atom stereocenters. The number of hydrogen-bond donors (Lipinski definition) is 0. The topological polar surface area (TPSA) is 50.6 Å². The van der Waals surface area contributed by atoms with E-state index < -0.39 is 0 Å². The fourth-order valence-electron chi connectivity index (χ4n) is 4.30. The Labute approximate surface area is 164 Å². The third-order valence-corrected chi connectivity index (χ3v) is 6.02. The predicted octanol–water partition coefficient (Wildman–Crippen LogP) is 2.55. The summed E-state index contributed by atoms with van der Waals surface area (Å²) in [6, 6.07) is 8.50. The molecule has 7 heteroatoms. The predicted molar refractivity (Wildman–Crippen MR) is 105 cm³/mol. The number of carbonyl (C=O) groups is 1. The minimum atomic E-state index is -0.284. The number of halogens is 1. The van der Waals surface area contributed by atoms with Gasteiger partial charge in [-0.2, -0.15) is 5.10 Å². The van der Waals surface area contributed by atoms with Crippen molar-refractivity contribution >= 4 is 5.91 Å². The second-order valence-corrected chi connectivity index (χ2v) is 7.71. The van der Waals surface area contributed by atoms with E-state index in [1.165, 1.54) is 12.1 Å². The Balaban J connectivity index is 1.40. The highest BCUT2D eigenvalue weighted by atomic mass is 19.1. The highest BCUT2D eigenvalue weighted by Gasteiger charge is 2.32. The summed E-state index contributed by atoms with van der Waals surface area (Å²) in [5.74, 6) is -0.272. The molecule has 2 aromatic rings. The molecule has 2 aliphatic rings. The Hall–Kier alpha value is -2.25. The quantitative estimate of drug-likeness (QED) is 0.810. The Kier molecular flexibility index (Phi) is 5.46. The Morgan fingerprint density at radius 3 is 2.50 bits per heavy atom. The van der Waals surface area contributed by atoms with Gasteiger partial charge in [-0.25, -0.2) is 4.39 Å². The maximum Gasteiger partial charge on any atom is 0.272 e. The van der Waals surface area contributed by atoms with E-state index >= 15 is 0 Å². The summed E-state index contributed by atoms with van der Waals surface area (Å²) in [5, 5.41) is 4.45. The molecular weight excluding hydrogens is 359 g/mol. The van der Waals surface area contributed by atoms with E-state index in [0.29, 0.717) is 23.5 Å². The van der Waals surface area contributed by atoms with Gasteiger partial charge in [0.15, 0.2) is 0 Å². The molecule has 0 radical (unpaired) electrons. The molecule has 1 aromatic heterocycles. The highest BCUT2D eigenvalue weighted by molar-refractivity contribution is 5.93. The molecule has 1 unspecified atom stereocenters. The molecule has 1 aromatic carbocycles. The Morgan fingerprint density at radius 2 is 1.86 bits per heavy atom. The lowest BCUT2D eigenvalue weighted by Crippen LogP contribution is -2.46. The van der Waals surface area contributed by atoms with Crippen molar-refractivity contribution in [2.24, 2.45) is 7.05 Å². The average Bonchev–Trinajstić information content (AvgIpc) is 3.35. The van der Waals surface area contributed by atoms with Crippen molar-refractivity contribution < 1.29 is 13.9 Å². The van der Waals surface area contributed by atoms with Crippen molar-refractivity contribution in [3.05, 3.63) is 41.8 Å². The second kappa shape index (κ2) is 8.01. The van der Waals surface area contributed by atoms with Crippen LogP contribution in [0.4, 0.5) is 4.39 Å². The number of rotatable bonds is 4. The van der Waals surface area contributed by atoms with Gasteiger partial charge >= 0.3 is 0 Å². The van der Waals surface area contributed by atoms with Gasteiger partial charge in [-0.05, 0) is 49.6 Å². The van der Waals surface area contributed by atoms with E-state index in [0.717, 1.165) is 51.0 Å². The van der Waals surface area contributed by atoms with Gasteiger partial charge < -0.3 is 9.64 Å². The molecule has 2 saturated heterocycles. The standard InChI is InChI=1S/C21H27FN4O2/c1-24-20(13-19(23-24)15-3-5-16(22)6-4-15)21(27)25-10-7-17(8-11-25)26-12-9-18(14-26)28-2/h3-6,13,17-18H,7-12,14H2,1-2H3. The van der Waals surface area contributed by atoms with Crippen molar-refractivity contribution in [3.8, 4) is 11.3 Å². The molecule has 0 saturated carbocycles. The number of ether oxygens (including phenoxy) is 1. The minimum absolute atomic E-state index is 0.0120. The van der Waals surface area contributed by atoms with E-state index in [2.05, 4.69) is 10.00 Å². The number of hydrogen-bond acceptors (Lipinski definition) is 4. The van der Waals surface area contributed by atoms with Gasteiger partial charge in [-0.3, -0.25) is 14.4 Å². The number of piperidine rings is 1. The summed E-state index contributed by atoms with van der Waals surface area (Å²) in [5.41, 5.74) is 2.05. The van der Waals surface area contributed by atoms with Crippen LogP contribution in [-0.4, -0.2) is 70.9 Å². The van der Waals surface area contributed by atoms with Crippen LogP contribution in [0.25, 0.3) is 11.3 Å². The lowest BCUT2D eigenvalue weighted by Gasteiger charge is -2.36. The first kappa shape index (κ1) is 19.1. The first-order valence-electron chi connectivity index (χ1n) is 9.91. The summed E-state index contributed by atoms with van der Waals surface area (Å²) >= 11 is 0. The first-order chi connectivity index (χ1) is 13.5. The number of aromatic nitrogens is 2. The van der Waals surface area contributed by atoms with Crippen molar-refractivity contribution in [1.82, 2.24) is 19.6 Å². The van der Waals surface area contributed by atoms with Gasteiger partial charge in [0.1, 0.15) is 11.5 Å². The average molecular weight is 386 g/mol. The minimum Gasteiger partial charge on any atom is -0.380 e. The number of likely N-dealkylation sites (tertiary alicyclic amines) is 2. The molecule has 2 fully saturated rings. The van der Waals surface area contributed by atoms with Gasteiger partial charge in [-0.1, -0.05) is 0 Å². The van der Waals surface area contributed by atoms with E-state index in [4.69, 9.17) is 4.74 Å². The van der Waals surface area contributed by atoms with Crippen LogP contribution in [-0.2, 0) is 11.8 Å². The van der Waals surface area contributed by atoms with Crippen molar-refractivity contribution in [2.45, 2.75) is 31.4 Å². The third-order valence-electron chi connectivity index (χ3n) is 6.02. The van der Waals surface area contributed by atoms with Crippen LogP contribution in [0.1, 0.15) is 29.8 Å². The molecule has 1 amide bonds. The van der Waals surface area contributed by atoms with Gasteiger partial charge in [0.2, 0.25) is 0 Å². The van der Waals surface area contributed by atoms with E-state index in [-0.39, 0.29) is 11.7 Å². The highest BCUT2D eigenvalue weighted by Crippen LogP contribution is 2.25. The summed E-state index contributed by atoms with van der Waals surface area (Å²) < 4.78 is 20.2. The van der Waals surface area contributed by atoms with E-state index in [9.17, 15) is 9.18 Å². The van der Waals surface area contributed by atoms with Crippen molar-refractivity contribution in [3.63, 3.8) is 0 Å². The summed E-state index contributed by atoms with van der Waals surface area (Å²) in [4.78, 5) is 17.4. The zero-order chi connectivity index (χ0) is 19.7. The van der Waals surface area contributed by atoms with Crippen LogP contribution in [0.15, 0.2) is 30.3 Å². The van der Waals surface area contributed by atoms with Crippen LogP contribution in [0.5, 0.6) is 0 Å². The number of nitrogens with zero attached hydrogens (tertiary/aromatic N) is 4. The smallest absolute Gasteiger partial charge is 0.272 e. The van der Waals surface area contributed by atoms with Gasteiger partial charge in [-0.15, -0.1) is 0 Å². The van der Waals surface area contributed by atoms with E-state index in [1.807, 2.05) is 4.90 Å². The first-order valence-corrected chi connectivity index (χ1v) is 9.91. The SMILES string of the molecule is COC1CCN(C2CCN(C(=O)c3cc(-c4ccc(F)cc4)nn3C)CC2)C1. The largest absolute Gasteiger partial charge is 0.380 e. The molecule has 4 rings (SSSR count). The lowest BCUT2D eigenvalue weighted by molar-refractivity contribution is 0.0594. The number of benzene rings is 1. The van der Waals surface area contributed by atoms with Crippen molar-refractivity contribution in [1.29, 1.82) is 0 Å². The number of aryl methyl sites for hydroxylation is 1. The molecule has 0 aliphatic carbocycles. The number of methoxy groups -OCH3 is 1. The van der Waals surface area contributed by atoms with Crippen molar-refractivity contribution in [2.75, 3.05) is 33.3 Å². The Bertz CT molecular complexity index is 827. The van der Waals surface area contributed by atoms with Gasteiger partial charge in [0.25, 0.3) is 5.91 Å². The fraction of sp³-hybridized carbons (Fsp3) is 0.524. The second-order valence-electron chi connectivity index (χ2n) is 7.71. The van der Waals surface area contributed by atoms with Gasteiger partial charge in [0.05, 0.1) is 11.8 Å². The van der Waals surface area contributed by atoms with Crippen LogP contribution in [0.2, 0.25) is 0 Å². The van der Waals surface area contributed by atoms with E-state index in [1.54, 1.807) is 37.0 Å². The van der Waals surface area contributed by atoms with Crippen LogP contribution >= 0.6 is 0 Å². The molecule has 2 aliphatic heterocycles.